The van der Waals surface area contributed by atoms with Crippen molar-refractivity contribution in [1.29, 1.82) is 5.41 Å². The third-order valence-corrected chi connectivity index (χ3v) is 3.65. The summed E-state index contributed by atoms with van der Waals surface area (Å²) in [5.41, 5.74) is 8.70. The molecule has 0 aliphatic carbocycles. The van der Waals surface area contributed by atoms with E-state index < -0.39 is 0 Å². The average Bonchev–Trinajstić information content (AvgIpc) is 3.02. The summed E-state index contributed by atoms with van der Waals surface area (Å²) in [7, 11) is 0. The Labute approximate surface area is 133 Å². The van der Waals surface area contributed by atoms with Gasteiger partial charge in [0.1, 0.15) is 18.2 Å². The minimum Gasteiger partial charge on any atom is -0.492 e. The van der Waals surface area contributed by atoms with E-state index in [4.69, 9.17) is 20.6 Å². The summed E-state index contributed by atoms with van der Waals surface area (Å²) in [6, 6.07) is 12.1. The maximum Gasteiger partial charge on any atom is 0.208 e. The van der Waals surface area contributed by atoms with Gasteiger partial charge in [-0.05, 0) is 17.7 Å². The molecule has 3 N–H and O–H groups in total. The lowest BCUT2D eigenvalue weighted by Gasteiger charge is -2.09. The van der Waals surface area contributed by atoms with Gasteiger partial charge in [0.2, 0.25) is 5.90 Å². The van der Waals surface area contributed by atoms with Crippen molar-refractivity contribution < 1.29 is 13.9 Å². The lowest BCUT2D eigenvalue weighted by atomic mass is 10.1. The van der Waals surface area contributed by atoms with E-state index in [1.165, 1.54) is 12.1 Å². The first kappa shape index (κ1) is 15.1. The molecule has 1 heterocycles. The summed E-state index contributed by atoms with van der Waals surface area (Å²) in [6.07, 6.45) is 2.27. The van der Waals surface area contributed by atoms with Crippen LogP contribution in [0.2, 0.25) is 0 Å². The summed E-state index contributed by atoms with van der Waals surface area (Å²) in [5.74, 6) is 0.288. The third kappa shape index (κ3) is 3.34. The van der Waals surface area contributed by atoms with Crippen LogP contribution in [-0.2, 0) is 17.8 Å². The number of halogens is 1. The van der Waals surface area contributed by atoms with Gasteiger partial charge in [-0.25, -0.2) is 4.39 Å². The van der Waals surface area contributed by atoms with Crippen LogP contribution in [0, 0.1) is 11.2 Å². The second-order valence-electron chi connectivity index (χ2n) is 5.24. The minimum atomic E-state index is -0.355. The van der Waals surface area contributed by atoms with E-state index >= 15 is 0 Å². The van der Waals surface area contributed by atoms with Gasteiger partial charge in [0.25, 0.3) is 0 Å². The van der Waals surface area contributed by atoms with Gasteiger partial charge in [-0.2, -0.15) is 0 Å². The molecule has 0 atom stereocenters. The molecule has 0 amide bonds. The summed E-state index contributed by atoms with van der Waals surface area (Å²) in [5, 5.41) is 7.84. The lowest BCUT2D eigenvalue weighted by Crippen LogP contribution is -2.06. The van der Waals surface area contributed by atoms with Crippen LogP contribution in [0.3, 0.4) is 0 Å². The smallest absolute Gasteiger partial charge is 0.208 e. The molecular weight excluding hydrogens is 295 g/mol. The van der Waals surface area contributed by atoms with Crippen molar-refractivity contribution in [3.8, 4) is 5.75 Å². The van der Waals surface area contributed by atoms with Crippen LogP contribution < -0.4 is 10.5 Å². The zero-order chi connectivity index (χ0) is 16.2. The zero-order valence-electron chi connectivity index (χ0n) is 12.5. The van der Waals surface area contributed by atoms with E-state index in [2.05, 4.69) is 0 Å². The van der Waals surface area contributed by atoms with Crippen LogP contribution in [0.15, 0.2) is 48.5 Å². The molecule has 0 saturated heterocycles. The van der Waals surface area contributed by atoms with Crippen LogP contribution in [0.1, 0.15) is 16.7 Å². The number of ether oxygens (including phenoxy) is 2. The predicted octanol–water partition coefficient (Wildman–Crippen LogP) is 3.25. The molecule has 0 spiro atoms. The Morgan fingerprint density at radius 1 is 1.26 bits per heavy atom. The topological polar surface area (TPSA) is 68.3 Å². The van der Waals surface area contributed by atoms with Crippen molar-refractivity contribution in [1.82, 2.24) is 0 Å². The minimum absolute atomic E-state index is 0.0152. The highest BCUT2D eigenvalue weighted by molar-refractivity contribution is 5.93. The Balaban J connectivity index is 1.70. The summed E-state index contributed by atoms with van der Waals surface area (Å²) in [4.78, 5) is 0. The first-order chi connectivity index (χ1) is 11.1. The first-order valence-corrected chi connectivity index (χ1v) is 7.32. The number of hydrogen-bond donors (Lipinski definition) is 2. The number of rotatable bonds is 4. The van der Waals surface area contributed by atoms with Crippen molar-refractivity contribution >= 4 is 11.6 Å². The van der Waals surface area contributed by atoms with Crippen LogP contribution in [-0.4, -0.2) is 12.5 Å². The number of nitrogens with two attached hydrogens (primary N) is 1. The highest BCUT2D eigenvalue weighted by Crippen LogP contribution is 2.32. The van der Waals surface area contributed by atoms with Gasteiger partial charge in [0.05, 0.1) is 6.61 Å². The Morgan fingerprint density at radius 3 is 2.91 bits per heavy atom. The molecule has 1 aliphatic heterocycles. The van der Waals surface area contributed by atoms with Gasteiger partial charge >= 0.3 is 0 Å². The van der Waals surface area contributed by atoms with Crippen molar-refractivity contribution in [3.63, 3.8) is 0 Å². The molecule has 0 saturated carbocycles. The van der Waals surface area contributed by atoms with Gasteiger partial charge in [0.15, 0.2) is 0 Å². The summed E-state index contributed by atoms with van der Waals surface area (Å²) in [6.45, 7) is 0.625. The fourth-order valence-electron chi connectivity index (χ4n) is 2.47. The van der Waals surface area contributed by atoms with Crippen molar-refractivity contribution in [3.05, 3.63) is 71.0 Å². The Hall–Kier alpha value is -2.82. The van der Waals surface area contributed by atoms with Gasteiger partial charge in [-0.1, -0.05) is 30.3 Å². The quantitative estimate of drug-likeness (QED) is 0.672. The molecule has 0 fully saturated rings. The molecule has 2 aromatic carbocycles. The highest BCUT2D eigenvalue weighted by atomic mass is 19.1. The predicted molar refractivity (Wildman–Crippen MR) is 86.7 cm³/mol. The Kier molecular flexibility index (Phi) is 4.28. The molecule has 4 nitrogen and oxygen atoms in total. The largest absolute Gasteiger partial charge is 0.492 e. The van der Waals surface area contributed by atoms with Crippen LogP contribution in [0.5, 0.6) is 5.75 Å². The summed E-state index contributed by atoms with van der Waals surface area (Å²) >= 11 is 0. The molecule has 118 valence electrons. The second-order valence-corrected chi connectivity index (χ2v) is 5.24. The highest BCUT2D eigenvalue weighted by Gasteiger charge is 2.17. The van der Waals surface area contributed by atoms with Gasteiger partial charge in [-0.15, -0.1) is 0 Å². The Morgan fingerprint density at radius 2 is 2.09 bits per heavy atom. The van der Waals surface area contributed by atoms with Gasteiger partial charge < -0.3 is 15.2 Å². The molecule has 1 aliphatic rings. The summed E-state index contributed by atoms with van der Waals surface area (Å²) < 4.78 is 24.4. The third-order valence-electron chi connectivity index (χ3n) is 3.65. The van der Waals surface area contributed by atoms with Crippen molar-refractivity contribution in [2.45, 2.75) is 13.0 Å². The Bertz CT molecular complexity index is 771. The maximum atomic E-state index is 13.5. The number of nitrogens with one attached hydrogen (secondary N) is 1. The number of fused-ring (bicyclic) bond motifs is 1. The first-order valence-electron chi connectivity index (χ1n) is 7.32. The SMILES string of the molecule is N=C(/C=C(\N)c1cccc2c1OCC2)OCc1ccccc1F. The normalized spacial score (nSPS) is 13.3. The lowest BCUT2D eigenvalue weighted by molar-refractivity contribution is 0.286. The number of hydrogen-bond acceptors (Lipinski definition) is 4. The zero-order valence-corrected chi connectivity index (χ0v) is 12.5. The van der Waals surface area contributed by atoms with E-state index in [-0.39, 0.29) is 18.3 Å². The standard InChI is InChI=1S/C18H17FN2O2/c19-15-7-2-1-4-13(15)11-23-17(21)10-16(20)14-6-3-5-12-8-9-22-18(12)14/h1-7,10,21H,8-9,11,20H2/b16-10-,21-17?. The van der Waals surface area contributed by atoms with E-state index in [1.54, 1.807) is 18.2 Å². The second kappa shape index (κ2) is 6.52. The molecule has 5 heteroatoms. The van der Waals surface area contributed by atoms with Crippen molar-refractivity contribution in [2.75, 3.05) is 6.61 Å². The maximum absolute atomic E-state index is 13.5. The molecule has 0 aromatic heterocycles. The van der Waals surface area contributed by atoms with Crippen LogP contribution in [0.4, 0.5) is 4.39 Å². The van der Waals surface area contributed by atoms with Gasteiger partial charge in [-0.3, -0.25) is 5.41 Å². The fourth-order valence-corrected chi connectivity index (χ4v) is 2.47. The monoisotopic (exact) mass is 312 g/mol. The fraction of sp³-hybridized carbons (Fsp3) is 0.167. The van der Waals surface area contributed by atoms with Crippen LogP contribution in [0.25, 0.3) is 5.70 Å². The van der Waals surface area contributed by atoms with E-state index in [0.29, 0.717) is 17.9 Å². The molecule has 3 rings (SSSR count). The molecule has 2 aromatic rings. The molecular formula is C18H17FN2O2. The number of benzene rings is 2. The van der Waals surface area contributed by atoms with Crippen molar-refractivity contribution in [2.24, 2.45) is 5.73 Å². The van der Waals surface area contributed by atoms with Crippen LogP contribution >= 0.6 is 0 Å². The molecule has 23 heavy (non-hydrogen) atoms. The van der Waals surface area contributed by atoms with E-state index in [0.717, 1.165) is 23.3 Å². The van der Waals surface area contributed by atoms with Gasteiger partial charge in [0, 0.05) is 29.3 Å². The average molecular weight is 312 g/mol. The molecule has 0 unspecified atom stereocenters. The number of para-hydroxylation sites is 1. The molecule has 0 radical (unpaired) electrons. The van der Waals surface area contributed by atoms with E-state index in [1.807, 2.05) is 18.2 Å². The molecule has 0 bridgehead atoms. The van der Waals surface area contributed by atoms with E-state index in [9.17, 15) is 4.39 Å².